The van der Waals surface area contributed by atoms with Gasteiger partial charge in [0.1, 0.15) is 0 Å². The number of aromatic nitrogens is 1. The molecule has 0 saturated heterocycles. The van der Waals surface area contributed by atoms with Crippen LogP contribution in [0.3, 0.4) is 0 Å². The van der Waals surface area contributed by atoms with Crippen molar-refractivity contribution in [3.63, 3.8) is 0 Å². The van der Waals surface area contributed by atoms with Crippen molar-refractivity contribution >= 4 is 40.2 Å². The summed E-state index contributed by atoms with van der Waals surface area (Å²) in [6.45, 7) is 0. The Labute approximate surface area is 103 Å². The standard InChI is InChI=1S/C8H5ClF2INO2/c9-1-3-2-13-6(8(14)15)4(5(3)12)7(10)11/h2,7H,1H2,(H,14,15). The van der Waals surface area contributed by atoms with Gasteiger partial charge in [0.05, 0.1) is 5.56 Å². The molecular formula is C8H5ClF2INO2. The number of carbonyl (C=O) groups is 1. The molecule has 7 heteroatoms. The molecule has 0 saturated carbocycles. The molecule has 0 fully saturated rings. The minimum absolute atomic E-state index is 0.0187. The number of nitrogens with zero attached hydrogens (tertiary/aromatic N) is 1. The summed E-state index contributed by atoms with van der Waals surface area (Å²) in [6, 6.07) is 0. The number of aromatic carboxylic acids is 1. The lowest BCUT2D eigenvalue weighted by Crippen LogP contribution is -2.10. The fourth-order valence-electron chi connectivity index (χ4n) is 1.01. The summed E-state index contributed by atoms with van der Waals surface area (Å²) in [5.41, 5.74) is -0.790. The third-order valence-corrected chi connectivity index (χ3v) is 3.25. The molecule has 1 rings (SSSR count). The first-order valence-corrected chi connectivity index (χ1v) is 5.35. The zero-order valence-corrected chi connectivity index (χ0v) is 10.1. The summed E-state index contributed by atoms with van der Waals surface area (Å²) >= 11 is 7.15. The van der Waals surface area contributed by atoms with Crippen LogP contribution in [0.5, 0.6) is 0 Å². The van der Waals surface area contributed by atoms with Gasteiger partial charge in [-0.25, -0.2) is 18.6 Å². The average Bonchev–Trinajstić information content (AvgIpc) is 2.16. The van der Waals surface area contributed by atoms with Crippen molar-refractivity contribution in [3.8, 4) is 0 Å². The molecule has 0 aliphatic carbocycles. The minimum atomic E-state index is -2.88. The molecule has 0 radical (unpaired) electrons. The highest BCUT2D eigenvalue weighted by molar-refractivity contribution is 14.1. The quantitative estimate of drug-likeness (QED) is 0.675. The summed E-state index contributed by atoms with van der Waals surface area (Å²) in [4.78, 5) is 14.1. The van der Waals surface area contributed by atoms with Gasteiger partial charge in [0, 0.05) is 15.6 Å². The van der Waals surface area contributed by atoms with Gasteiger partial charge in [0.15, 0.2) is 5.69 Å². The van der Waals surface area contributed by atoms with Crippen LogP contribution in [0, 0.1) is 3.57 Å². The largest absolute Gasteiger partial charge is 0.476 e. The van der Waals surface area contributed by atoms with Gasteiger partial charge in [-0.2, -0.15) is 0 Å². The van der Waals surface area contributed by atoms with Crippen LogP contribution in [0.25, 0.3) is 0 Å². The van der Waals surface area contributed by atoms with Gasteiger partial charge in [-0.1, -0.05) is 0 Å². The van der Waals surface area contributed by atoms with Crippen LogP contribution in [-0.2, 0) is 5.88 Å². The molecule has 0 aliphatic rings. The van der Waals surface area contributed by atoms with Gasteiger partial charge in [0.2, 0.25) is 0 Å². The van der Waals surface area contributed by atoms with Crippen molar-refractivity contribution in [1.82, 2.24) is 4.98 Å². The van der Waals surface area contributed by atoms with Gasteiger partial charge in [-0.15, -0.1) is 11.6 Å². The third kappa shape index (κ3) is 2.54. The Morgan fingerprint density at radius 3 is 2.67 bits per heavy atom. The Bertz CT molecular complexity index is 400. The fourth-order valence-corrected chi connectivity index (χ4v) is 2.26. The molecule has 1 aromatic rings. The molecule has 1 heterocycles. The Balaban J connectivity index is 3.44. The van der Waals surface area contributed by atoms with Crippen LogP contribution in [0.1, 0.15) is 28.0 Å². The first-order chi connectivity index (χ1) is 6.99. The van der Waals surface area contributed by atoms with E-state index in [2.05, 4.69) is 4.98 Å². The smallest absolute Gasteiger partial charge is 0.355 e. The Morgan fingerprint density at radius 1 is 1.67 bits per heavy atom. The predicted octanol–water partition coefficient (Wildman–Crippen LogP) is 3.06. The molecular weight excluding hydrogens is 342 g/mol. The summed E-state index contributed by atoms with van der Waals surface area (Å²) in [5, 5.41) is 8.67. The molecule has 0 unspecified atom stereocenters. The third-order valence-electron chi connectivity index (χ3n) is 1.69. The number of pyridine rings is 1. The van der Waals surface area contributed by atoms with E-state index in [0.717, 1.165) is 0 Å². The van der Waals surface area contributed by atoms with Crippen LogP contribution in [0.4, 0.5) is 8.78 Å². The topological polar surface area (TPSA) is 50.2 Å². The molecule has 82 valence electrons. The van der Waals surface area contributed by atoms with Crippen LogP contribution >= 0.6 is 34.2 Å². The lowest BCUT2D eigenvalue weighted by molar-refractivity contribution is 0.0676. The van der Waals surface area contributed by atoms with E-state index < -0.39 is 23.7 Å². The number of hydrogen-bond acceptors (Lipinski definition) is 2. The highest BCUT2D eigenvalue weighted by Crippen LogP contribution is 2.29. The number of halogens is 4. The van der Waals surface area contributed by atoms with Crippen LogP contribution in [0.2, 0.25) is 0 Å². The van der Waals surface area contributed by atoms with Crippen molar-refractivity contribution < 1.29 is 18.7 Å². The van der Waals surface area contributed by atoms with Crippen molar-refractivity contribution in [3.05, 3.63) is 26.6 Å². The lowest BCUT2D eigenvalue weighted by Gasteiger charge is -2.09. The van der Waals surface area contributed by atoms with Crippen LogP contribution < -0.4 is 0 Å². The highest BCUT2D eigenvalue weighted by Gasteiger charge is 2.24. The summed E-state index contributed by atoms with van der Waals surface area (Å²) < 4.78 is 25.4. The van der Waals surface area contributed by atoms with E-state index in [9.17, 15) is 13.6 Å². The van der Waals surface area contributed by atoms with Gasteiger partial charge < -0.3 is 5.11 Å². The van der Waals surface area contributed by atoms with Crippen molar-refractivity contribution in [2.75, 3.05) is 0 Å². The molecule has 0 spiro atoms. The number of carboxylic acid groups (broad SMARTS) is 1. The van der Waals surface area contributed by atoms with E-state index in [4.69, 9.17) is 16.7 Å². The molecule has 0 aromatic carbocycles. The monoisotopic (exact) mass is 347 g/mol. The normalized spacial score (nSPS) is 10.7. The zero-order chi connectivity index (χ0) is 11.6. The molecule has 0 amide bonds. The number of rotatable bonds is 3. The number of carboxylic acids is 1. The number of alkyl halides is 3. The van der Waals surface area contributed by atoms with E-state index >= 15 is 0 Å². The first kappa shape index (κ1) is 12.6. The van der Waals surface area contributed by atoms with Crippen molar-refractivity contribution in [1.29, 1.82) is 0 Å². The summed E-state index contributed by atoms with van der Waals surface area (Å²) in [6.07, 6.45) is -1.68. The van der Waals surface area contributed by atoms with Crippen molar-refractivity contribution in [2.45, 2.75) is 12.3 Å². The second kappa shape index (κ2) is 5.02. The fraction of sp³-hybridized carbons (Fsp3) is 0.250. The average molecular weight is 347 g/mol. The van der Waals surface area contributed by atoms with E-state index in [1.54, 1.807) is 22.6 Å². The van der Waals surface area contributed by atoms with E-state index in [0.29, 0.717) is 5.56 Å². The van der Waals surface area contributed by atoms with Gasteiger partial charge >= 0.3 is 5.97 Å². The predicted molar refractivity (Wildman–Crippen MR) is 58.4 cm³/mol. The minimum Gasteiger partial charge on any atom is -0.476 e. The van der Waals surface area contributed by atoms with Gasteiger partial charge in [-0.05, 0) is 28.2 Å². The maximum atomic E-state index is 12.6. The summed E-state index contributed by atoms with van der Waals surface area (Å²) in [5.74, 6) is -1.45. The number of hydrogen-bond donors (Lipinski definition) is 1. The highest BCUT2D eigenvalue weighted by atomic mass is 127. The molecule has 1 N–H and O–H groups in total. The maximum absolute atomic E-state index is 12.6. The van der Waals surface area contributed by atoms with Gasteiger partial charge in [-0.3, -0.25) is 0 Å². The van der Waals surface area contributed by atoms with E-state index in [-0.39, 0.29) is 9.45 Å². The maximum Gasteiger partial charge on any atom is 0.355 e. The second-order valence-electron chi connectivity index (χ2n) is 2.60. The van der Waals surface area contributed by atoms with E-state index in [1.807, 2.05) is 0 Å². The molecule has 15 heavy (non-hydrogen) atoms. The van der Waals surface area contributed by atoms with Gasteiger partial charge in [0.25, 0.3) is 6.43 Å². The van der Waals surface area contributed by atoms with Crippen LogP contribution in [0.15, 0.2) is 6.20 Å². The first-order valence-electron chi connectivity index (χ1n) is 3.73. The SMILES string of the molecule is O=C(O)c1ncc(CCl)c(I)c1C(F)F. The zero-order valence-electron chi connectivity index (χ0n) is 7.18. The Hall–Kier alpha value is -0.500. The Morgan fingerprint density at radius 2 is 2.27 bits per heavy atom. The van der Waals surface area contributed by atoms with E-state index in [1.165, 1.54) is 6.20 Å². The molecule has 0 bridgehead atoms. The Kier molecular flexibility index (Phi) is 4.21. The van der Waals surface area contributed by atoms with Crippen molar-refractivity contribution in [2.24, 2.45) is 0 Å². The molecule has 3 nitrogen and oxygen atoms in total. The van der Waals surface area contributed by atoms with Crippen LogP contribution in [-0.4, -0.2) is 16.1 Å². The lowest BCUT2D eigenvalue weighted by atomic mass is 10.1. The molecule has 1 aromatic heterocycles. The molecule has 0 atom stereocenters. The molecule has 0 aliphatic heterocycles. The second-order valence-corrected chi connectivity index (χ2v) is 3.95. The summed E-state index contributed by atoms with van der Waals surface area (Å²) in [7, 11) is 0.